The number of fused-ring (bicyclic) bond motifs is 3. The van der Waals surface area contributed by atoms with E-state index in [1.807, 2.05) is 37.5 Å². The Labute approximate surface area is 216 Å². The standard InChI is InChI=1S/C27H23FN4O4S/c1-13-14(2)37-26-23(13)24(29-21(12-22(33)36-4)25-31-30-15(3)32(25)26)17-7-5-16(6-8-17)19-10-9-18(27(34)35)11-20(19)28/h5-11,21H,12H2,1-4H3,(H,34,35)/t21-/m0/s1. The van der Waals surface area contributed by atoms with E-state index in [4.69, 9.17) is 14.8 Å². The molecule has 0 unspecified atom stereocenters. The van der Waals surface area contributed by atoms with Gasteiger partial charge in [-0.3, -0.25) is 14.4 Å². The summed E-state index contributed by atoms with van der Waals surface area (Å²) in [6.45, 7) is 5.95. The highest BCUT2D eigenvalue weighted by Gasteiger charge is 2.32. The Hall–Kier alpha value is -4.18. The number of carboxylic acids is 1. The van der Waals surface area contributed by atoms with Crippen LogP contribution in [0.25, 0.3) is 16.1 Å². The van der Waals surface area contributed by atoms with Crippen LogP contribution < -0.4 is 0 Å². The molecule has 2 aromatic carbocycles. The molecule has 0 bridgehead atoms. The van der Waals surface area contributed by atoms with Crippen LogP contribution in [0.2, 0.25) is 0 Å². The van der Waals surface area contributed by atoms with Crippen LogP contribution in [-0.4, -0.2) is 44.6 Å². The van der Waals surface area contributed by atoms with Gasteiger partial charge < -0.3 is 9.84 Å². The number of carboxylic acid groups (broad SMARTS) is 1. The summed E-state index contributed by atoms with van der Waals surface area (Å²) < 4.78 is 21.6. The van der Waals surface area contributed by atoms with E-state index in [1.165, 1.54) is 19.2 Å². The van der Waals surface area contributed by atoms with E-state index in [2.05, 4.69) is 10.2 Å². The zero-order valence-corrected chi connectivity index (χ0v) is 21.4. The van der Waals surface area contributed by atoms with E-state index < -0.39 is 23.8 Å². The van der Waals surface area contributed by atoms with Crippen LogP contribution in [0.1, 0.15) is 56.0 Å². The molecule has 1 aliphatic rings. The monoisotopic (exact) mass is 518 g/mol. The number of halogens is 1. The molecule has 3 heterocycles. The molecule has 188 valence electrons. The van der Waals surface area contributed by atoms with Gasteiger partial charge in [-0.25, -0.2) is 9.18 Å². The molecular formula is C27H23FN4O4S. The Kier molecular flexibility index (Phi) is 6.20. The molecule has 0 amide bonds. The molecule has 1 N–H and O–H groups in total. The van der Waals surface area contributed by atoms with Gasteiger partial charge in [0.2, 0.25) is 0 Å². The van der Waals surface area contributed by atoms with Gasteiger partial charge in [-0.05, 0) is 44.0 Å². The lowest BCUT2D eigenvalue weighted by Crippen LogP contribution is -2.12. The number of ether oxygens (including phenoxy) is 1. The van der Waals surface area contributed by atoms with Gasteiger partial charge in [0.15, 0.2) is 5.82 Å². The number of carbonyl (C=O) groups is 2. The average Bonchev–Trinajstić information content (AvgIpc) is 3.36. The molecule has 0 aliphatic carbocycles. The maximum absolute atomic E-state index is 14.7. The Balaban J connectivity index is 1.64. The Morgan fingerprint density at radius 2 is 1.78 bits per heavy atom. The molecule has 4 aromatic rings. The summed E-state index contributed by atoms with van der Waals surface area (Å²) in [5, 5.41) is 18.7. The van der Waals surface area contributed by atoms with Crippen LogP contribution in [0.4, 0.5) is 4.39 Å². The number of esters is 1. The fraction of sp³-hybridized carbons (Fsp3) is 0.222. The number of benzene rings is 2. The Bertz CT molecular complexity index is 1590. The van der Waals surface area contributed by atoms with Crippen molar-refractivity contribution in [1.29, 1.82) is 0 Å². The molecule has 10 heteroatoms. The molecule has 5 rings (SSSR count). The number of nitrogens with zero attached hydrogens (tertiary/aromatic N) is 4. The lowest BCUT2D eigenvalue weighted by molar-refractivity contribution is -0.141. The van der Waals surface area contributed by atoms with Gasteiger partial charge in [0.25, 0.3) is 0 Å². The second-order valence-electron chi connectivity index (χ2n) is 8.76. The number of aromatic nitrogens is 3. The van der Waals surface area contributed by atoms with Crippen molar-refractivity contribution in [3.05, 3.63) is 87.1 Å². The minimum absolute atomic E-state index is 0.00429. The number of methoxy groups -OCH3 is 1. The van der Waals surface area contributed by atoms with E-state index in [0.29, 0.717) is 28.5 Å². The second kappa shape index (κ2) is 9.36. The summed E-state index contributed by atoms with van der Waals surface area (Å²) in [7, 11) is 1.34. The molecule has 8 nitrogen and oxygen atoms in total. The number of aliphatic imine (C=N–C) groups is 1. The number of aryl methyl sites for hydroxylation is 2. The van der Waals surface area contributed by atoms with Gasteiger partial charge >= 0.3 is 11.9 Å². The van der Waals surface area contributed by atoms with Crippen molar-refractivity contribution in [3.8, 4) is 16.1 Å². The van der Waals surface area contributed by atoms with Crippen LogP contribution in [0.3, 0.4) is 0 Å². The number of aromatic carboxylic acids is 1. The maximum Gasteiger partial charge on any atom is 0.335 e. The number of carbonyl (C=O) groups excluding carboxylic acids is 1. The SMILES string of the molecule is COC(=O)C[C@@H]1N=C(c2ccc(-c3ccc(C(=O)O)cc3F)cc2)c2c(sc(C)c2C)-n2c(C)nnc21. The topological polar surface area (TPSA) is 107 Å². The first-order chi connectivity index (χ1) is 17.7. The van der Waals surface area contributed by atoms with Crippen LogP contribution in [-0.2, 0) is 9.53 Å². The van der Waals surface area contributed by atoms with Crippen molar-refractivity contribution in [3.63, 3.8) is 0 Å². The van der Waals surface area contributed by atoms with Gasteiger partial charge in [-0.1, -0.05) is 30.3 Å². The van der Waals surface area contributed by atoms with Gasteiger partial charge in [0.1, 0.15) is 22.7 Å². The van der Waals surface area contributed by atoms with Crippen molar-refractivity contribution >= 4 is 29.0 Å². The van der Waals surface area contributed by atoms with Gasteiger partial charge in [0.05, 0.1) is 24.8 Å². The summed E-state index contributed by atoms with van der Waals surface area (Å²) in [5.41, 5.74) is 4.28. The highest BCUT2D eigenvalue weighted by molar-refractivity contribution is 7.15. The number of rotatable bonds is 5. The number of hydrogen-bond donors (Lipinski definition) is 1. The van der Waals surface area contributed by atoms with Crippen LogP contribution >= 0.6 is 11.3 Å². The smallest absolute Gasteiger partial charge is 0.335 e. The highest BCUT2D eigenvalue weighted by atomic mass is 32.1. The van der Waals surface area contributed by atoms with Crippen molar-refractivity contribution < 1.29 is 23.8 Å². The van der Waals surface area contributed by atoms with Crippen molar-refractivity contribution in [2.24, 2.45) is 4.99 Å². The lowest BCUT2D eigenvalue weighted by Gasteiger charge is -2.12. The average molecular weight is 519 g/mol. The third kappa shape index (κ3) is 4.23. The summed E-state index contributed by atoms with van der Waals surface area (Å²) in [4.78, 5) is 29.6. The van der Waals surface area contributed by atoms with E-state index in [-0.39, 0.29) is 12.0 Å². The molecule has 0 fully saturated rings. The van der Waals surface area contributed by atoms with Crippen LogP contribution in [0.15, 0.2) is 47.5 Å². The predicted molar refractivity (Wildman–Crippen MR) is 137 cm³/mol. The fourth-order valence-corrected chi connectivity index (χ4v) is 5.67. The summed E-state index contributed by atoms with van der Waals surface area (Å²) in [6.07, 6.45) is 0.00429. The van der Waals surface area contributed by atoms with E-state index in [1.54, 1.807) is 23.5 Å². The molecule has 0 saturated carbocycles. The number of thiophene rings is 1. The van der Waals surface area contributed by atoms with Crippen LogP contribution in [0.5, 0.6) is 0 Å². The van der Waals surface area contributed by atoms with Crippen molar-refractivity contribution in [2.75, 3.05) is 7.11 Å². The van der Waals surface area contributed by atoms with Gasteiger partial charge in [-0.2, -0.15) is 0 Å². The first kappa shape index (κ1) is 24.5. The summed E-state index contributed by atoms with van der Waals surface area (Å²) in [6, 6.07) is 10.5. The predicted octanol–water partition coefficient (Wildman–Crippen LogP) is 5.21. The molecule has 1 aliphatic heterocycles. The third-order valence-electron chi connectivity index (χ3n) is 6.51. The quantitative estimate of drug-likeness (QED) is 0.364. The van der Waals surface area contributed by atoms with E-state index in [0.717, 1.165) is 32.6 Å². The third-order valence-corrected chi connectivity index (χ3v) is 7.70. The molecule has 0 radical (unpaired) electrons. The number of hydrogen-bond acceptors (Lipinski definition) is 7. The molecule has 37 heavy (non-hydrogen) atoms. The maximum atomic E-state index is 14.7. The van der Waals surface area contributed by atoms with E-state index in [9.17, 15) is 14.0 Å². The summed E-state index contributed by atoms with van der Waals surface area (Å²) >= 11 is 1.61. The normalized spacial score (nSPS) is 14.4. The fourth-order valence-electron chi connectivity index (χ4n) is 4.46. The summed E-state index contributed by atoms with van der Waals surface area (Å²) in [5.74, 6) is -0.944. The molecular weight excluding hydrogens is 495 g/mol. The van der Waals surface area contributed by atoms with Crippen LogP contribution in [0, 0.1) is 26.6 Å². The van der Waals surface area contributed by atoms with E-state index >= 15 is 0 Å². The largest absolute Gasteiger partial charge is 0.478 e. The minimum atomic E-state index is -1.18. The van der Waals surface area contributed by atoms with Crippen molar-refractivity contribution in [2.45, 2.75) is 33.2 Å². The molecule has 0 saturated heterocycles. The van der Waals surface area contributed by atoms with Crippen molar-refractivity contribution in [1.82, 2.24) is 14.8 Å². The second-order valence-corrected chi connectivity index (χ2v) is 9.96. The highest BCUT2D eigenvalue weighted by Crippen LogP contribution is 2.39. The van der Waals surface area contributed by atoms with Gasteiger partial charge in [-0.15, -0.1) is 21.5 Å². The minimum Gasteiger partial charge on any atom is -0.478 e. The molecule has 0 spiro atoms. The Morgan fingerprint density at radius 3 is 2.43 bits per heavy atom. The Morgan fingerprint density at radius 1 is 1.08 bits per heavy atom. The molecule has 1 atom stereocenters. The van der Waals surface area contributed by atoms with Gasteiger partial charge in [0, 0.05) is 21.6 Å². The lowest BCUT2D eigenvalue weighted by atomic mass is 9.96. The zero-order chi connectivity index (χ0) is 26.4. The molecule has 2 aromatic heterocycles. The zero-order valence-electron chi connectivity index (χ0n) is 20.6. The first-order valence-corrected chi connectivity index (χ1v) is 12.3. The first-order valence-electron chi connectivity index (χ1n) is 11.5.